The molecule has 2 aromatic carbocycles. The molecule has 2 heterocycles. The number of para-hydroxylation sites is 1. The van der Waals surface area contributed by atoms with Crippen molar-refractivity contribution in [3.8, 4) is 5.75 Å². The Morgan fingerprint density at radius 2 is 1.90 bits per heavy atom. The van der Waals surface area contributed by atoms with E-state index in [0.29, 0.717) is 23.4 Å². The molecular formula is C25H30N2O2. The summed E-state index contributed by atoms with van der Waals surface area (Å²) >= 11 is 0. The van der Waals surface area contributed by atoms with Crippen LogP contribution in [0.15, 0.2) is 54.6 Å². The van der Waals surface area contributed by atoms with Crippen molar-refractivity contribution < 1.29 is 9.53 Å². The van der Waals surface area contributed by atoms with Crippen molar-refractivity contribution in [2.24, 2.45) is 5.41 Å². The van der Waals surface area contributed by atoms with E-state index in [1.807, 2.05) is 24.3 Å². The van der Waals surface area contributed by atoms with E-state index >= 15 is 0 Å². The summed E-state index contributed by atoms with van der Waals surface area (Å²) in [5, 5.41) is 3.98. The number of methoxy groups -OCH3 is 1. The van der Waals surface area contributed by atoms with Gasteiger partial charge in [0.2, 0.25) is 0 Å². The van der Waals surface area contributed by atoms with Gasteiger partial charge in [0, 0.05) is 29.6 Å². The number of amides is 1. The van der Waals surface area contributed by atoms with Gasteiger partial charge in [0.25, 0.3) is 5.91 Å². The van der Waals surface area contributed by atoms with Gasteiger partial charge in [-0.15, -0.1) is 0 Å². The maximum atomic E-state index is 13.8. The number of hydrogen-bond acceptors (Lipinski definition) is 3. The number of rotatable bonds is 4. The molecule has 1 N–H and O–H groups in total. The molecule has 2 bridgehead atoms. The summed E-state index contributed by atoms with van der Waals surface area (Å²) in [6.45, 7) is 2.40. The second-order valence-electron chi connectivity index (χ2n) is 9.15. The van der Waals surface area contributed by atoms with Crippen molar-refractivity contribution in [1.29, 1.82) is 0 Å². The average molecular weight is 391 g/mol. The molecule has 29 heavy (non-hydrogen) atoms. The topological polar surface area (TPSA) is 41.6 Å². The molecule has 0 radical (unpaired) electrons. The predicted molar refractivity (Wildman–Crippen MR) is 114 cm³/mol. The standard InChI is InChI=1S/C25H30N2O2/c1-25-16-20-19(15-17-9-4-3-5-10-17)26-22(25)13-8-14-23(25)27(20)24(28)18-11-6-7-12-21(18)29-2/h3-7,9-12,19-20,22-23,26H,8,13-16H2,1-2H3/t19-,20-,22+,23-,25+/m0/s1. The zero-order valence-corrected chi connectivity index (χ0v) is 17.3. The zero-order chi connectivity index (χ0) is 20.0. The minimum atomic E-state index is 0.128. The predicted octanol–water partition coefficient (Wildman–Crippen LogP) is 4.05. The highest BCUT2D eigenvalue weighted by atomic mass is 16.5. The average Bonchev–Trinajstić information content (AvgIpc) is 3.06. The minimum Gasteiger partial charge on any atom is -0.496 e. The highest BCUT2D eigenvalue weighted by molar-refractivity contribution is 5.97. The molecule has 0 spiro atoms. The summed E-state index contributed by atoms with van der Waals surface area (Å²) in [6.07, 6.45) is 5.54. The summed E-state index contributed by atoms with van der Waals surface area (Å²) in [4.78, 5) is 16.1. The number of nitrogens with one attached hydrogen (secondary N) is 1. The number of benzene rings is 2. The van der Waals surface area contributed by atoms with Gasteiger partial charge >= 0.3 is 0 Å². The Balaban J connectivity index is 1.52. The van der Waals surface area contributed by atoms with Crippen LogP contribution in [0.1, 0.15) is 48.5 Å². The van der Waals surface area contributed by atoms with E-state index in [2.05, 4.69) is 47.5 Å². The van der Waals surface area contributed by atoms with Crippen LogP contribution in [0.3, 0.4) is 0 Å². The van der Waals surface area contributed by atoms with Gasteiger partial charge < -0.3 is 15.0 Å². The smallest absolute Gasteiger partial charge is 0.258 e. The second kappa shape index (κ2) is 7.17. The van der Waals surface area contributed by atoms with Crippen molar-refractivity contribution in [2.45, 2.75) is 63.2 Å². The monoisotopic (exact) mass is 390 g/mol. The SMILES string of the molecule is COc1ccccc1C(=O)N1[C@H]2CCC[C@H]3N[C@@H](Cc4ccccc4)[C@@H]1C[C@@]23C. The number of fused-ring (bicyclic) bond motifs is 1. The van der Waals surface area contributed by atoms with Gasteiger partial charge in [0.1, 0.15) is 5.75 Å². The highest BCUT2D eigenvalue weighted by Crippen LogP contribution is 2.53. The largest absolute Gasteiger partial charge is 0.496 e. The fourth-order valence-corrected chi connectivity index (χ4v) is 6.22. The first kappa shape index (κ1) is 18.7. The van der Waals surface area contributed by atoms with Crippen LogP contribution >= 0.6 is 0 Å². The Bertz CT molecular complexity index is 899. The molecule has 3 aliphatic rings. The van der Waals surface area contributed by atoms with Gasteiger partial charge in [-0.25, -0.2) is 0 Å². The Kier molecular flexibility index (Phi) is 4.62. The van der Waals surface area contributed by atoms with Gasteiger partial charge in [0.05, 0.1) is 12.7 Å². The van der Waals surface area contributed by atoms with Crippen molar-refractivity contribution in [3.05, 3.63) is 65.7 Å². The van der Waals surface area contributed by atoms with Crippen molar-refractivity contribution in [3.63, 3.8) is 0 Å². The lowest BCUT2D eigenvalue weighted by Crippen LogP contribution is -2.58. The minimum absolute atomic E-state index is 0.128. The Labute approximate surface area is 173 Å². The number of hydrogen-bond donors (Lipinski definition) is 1. The van der Waals surface area contributed by atoms with Gasteiger partial charge in [0.15, 0.2) is 0 Å². The second-order valence-corrected chi connectivity index (χ2v) is 9.15. The third kappa shape index (κ3) is 2.96. The maximum absolute atomic E-state index is 13.8. The quantitative estimate of drug-likeness (QED) is 0.856. The van der Waals surface area contributed by atoms with Gasteiger partial charge in [-0.3, -0.25) is 4.79 Å². The molecule has 1 saturated carbocycles. The molecule has 1 aliphatic carbocycles. The van der Waals surface area contributed by atoms with Crippen LogP contribution in [0.5, 0.6) is 5.75 Å². The molecule has 5 atom stereocenters. The molecule has 4 heteroatoms. The third-order valence-electron chi connectivity index (χ3n) is 7.62. The first-order chi connectivity index (χ1) is 14.1. The molecule has 3 fully saturated rings. The van der Waals surface area contributed by atoms with E-state index in [9.17, 15) is 4.79 Å². The molecular weight excluding hydrogens is 360 g/mol. The Morgan fingerprint density at radius 1 is 1.14 bits per heavy atom. The fourth-order valence-electron chi connectivity index (χ4n) is 6.22. The molecule has 1 amide bonds. The zero-order valence-electron chi connectivity index (χ0n) is 17.3. The van der Waals surface area contributed by atoms with E-state index in [1.165, 1.54) is 18.4 Å². The number of likely N-dealkylation sites (tertiary alicyclic amines) is 1. The molecule has 2 aromatic rings. The summed E-state index contributed by atoms with van der Waals surface area (Å²) < 4.78 is 5.53. The van der Waals surface area contributed by atoms with Crippen molar-refractivity contribution >= 4 is 5.91 Å². The number of carbonyl (C=O) groups excluding carboxylic acids is 1. The van der Waals surface area contributed by atoms with E-state index < -0.39 is 0 Å². The van der Waals surface area contributed by atoms with Crippen LogP contribution in [-0.2, 0) is 6.42 Å². The van der Waals surface area contributed by atoms with Gasteiger partial charge in [-0.1, -0.05) is 49.4 Å². The van der Waals surface area contributed by atoms with Gasteiger partial charge in [-0.05, 0) is 49.8 Å². The molecule has 2 saturated heterocycles. The van der Waals surface area contributed by atoms with E-state index in [-0.39, 0.29) is 23.4 Å². The number of piperidine rings is 1. The van der Waals surface area contributed by atoms with Crippen molar-refractivity contribution in [1.82, 2.24) is 10.2 Å². The van der Waals surface area contributed by atoms with Crippen LogP contribution < -0.4 is 10.1 Å². The molecule has 4 nitrogen and oxygen atoms in total. The van der Waals surface area contributed by atoms with Crippen molar-refractivity contribution in [2.75, 3.05) is 7.11 Å². The summed E-state index contributed by atoms with van der Waals surface area (Å²) in [5.41, 5.74) is 2.18. The van der Waals surface area contributed by atoms with E-state index in [1.54, 1.807) is 7.11 Å². The number of ether oxygens (including phenoxy) is 1. The normalized spacial score (nSPS) is 32.8. The van der Waals surface area contributed by atoms with Crippen LogP contribution in [0.2, 0.25) is 0 Å². The van der Waals surface area contributed by atoms with Crippen LogP contribution in [0.4, 0.5) is 0 Å². The molecule has 2 aliphatic heterocycles. The van der Waals surface area contributed by atoms with Crippen LogP contribution in [0.25, 0.3) is 0 Å². The Morgan fingerprint density at radius 3 is 2.69 bits per heavy atom. The first-order valence-electron chi connectivity index (χ1n) is 10.9. The number of carbonyl (C=O) groups is 1. The summed E-state index contributed by atoms with van der Waals surface area (Å²) in [5.74, 6) is 0.799. The first-order valence-corrected chi connectivity index (χ1v) is 10.9. The van der Waals surface area contributed by atoms with Crippen LogP contribution in [-0.4, -0.2) is 42.1 Å². The summed E-state index contributed by atoms with van der Waals surface area (Å²) in [6, 6.07) is 19.6. The highest BCUT2D eigenvalue weighted by Gasteiger charge is 2.61. The van der Waals surface area contributed by atoms with Crippen LogP contribution in [0, 0.1) is 5.41 Å². The van der Waals surface area contributed by atoms with Gasteiger partial charge in [-0.2, -0.15) is 0 Å². The molecule has 152 valence electrons. The number of nitrogens with zero attached hydrogens (tertiary/aromatic N) is 1. The lowest BCUT2D eigenvalue weighted by molar-refractivity contribution is 0.0556. The third-order valence-corrected chi connectivity index (χ3v) is 7.62. The van der Waals surface area contributed by atoms with E-state index in [0.717, 1.165) is 19.3 Å². The lowest BCUT2D eigenvalue weighted by Gasteiger charge is -2.46. The molecule has 5 rings (SSSR count). The Hall–Kier alpha value is -2.33. The fraction of sp³-hybridized carbons (Fsp3) is 0.480. The summed E-state index contributed by atoms with van der Waals surface area (Å²) in [7, 11) is 1.65. The lowest BCUT2D eigenvalue weighted by atomic mass is 9.65. The molecule has 0 aromatic heterocycles. The molecule has 0 unspecified atom stereocenters. The van der Waals surface area contributed by atoms with E-state index in [4.69, 9.17) is 4.74 Å². The maximum Gasteiger partial charge on any atom is 0.258 e.